The molecule has 0 aliphatic heterocycles. The third-order valence-corrected chi connectivity index (χ3v) is 5.28. The third-order valence-electron chi connectivity index (χ3n) is 5.28. The van der Waals surface area contributed by atoms with Crippen molar-refractivity contribution in [2.75, 3.05) is 0 Å². The van der Waals surface area contributed by atoms with Crippen molar-refractivity contribution in [1.82, 2.24) is 5.32 Å². The molecule has 3 saturated carbocycles. The Morgan fingerprint density at radius 3 is 2.19 bits per heavy atom. The van der Waals surface area contributed by atoms with Crippen LogP contribution in [-0.4, -0.2) is 33.7 Å². The van der Waals surface area contributed by atoms with Gasteiger partial charge in [-0.1, -0.05) is 12.1 Å². The third kappa shape index (κ3) is 3.00. The topological polar surface area (TPSA) is 119 Å². The summed E-state index contributed by atoms with van der Waals surface area (Å²) < 4.78 is 5.17. The average Bonchev–Trinajstić information content (AvgIpc) is 2.41. The minimum atomic E-state index is -1.08. The van der Waals surface area contributed by atoms with Gasteiger partial charge in [0.05, 0.1) is 4.92 Å². The molecular formula is C18H22N2O6. The molecule has 3 fully saturated rings. The Hall–Kier alpha value is -2.64. The zero-order chi connectivity index (χ0) is 19.3. The van der Waals surface area contributed by atoms with Gasteiger partial charge in [-0.15, -0.1) is 0 Å². The van der Waals surface area contributed by atoms with Crippen LogP contribution in [0.3, 0.4) is 0 Å². The molecule has 1 aromatic rings. The highest BCUT2D eigenvalue weighted by Gasteiger charge is 2.72. The Bertz CT molecular complexity index is 745. The van der Waals surface area contributed by atoms with Gasteiger partial charge in [-0.2, -0.15) is 0 Å². The summed E-state index contributed by atoms with van der Waals surface area (Å²) in [5.74, 6) is -1.08. The normalized spacial score (nSPS) is 27.5. The second-order valence-electron chi connectivity index (χ2n) is 8.39. The molecule has 0 spiro atoms. The summed E-state index contributed by atoms with van der Waals surface area (Å²) >= 11 is 0. The predicted octanol–water partition coefficient (Wildman–Crippen LogP) is 2.99. The van der Waals surface area contributed by atoms with E-state index in [-0.39, 0.29) is 11.1 Å². The van der Waals surface area contributed by atoms with Crippen LogP contribution < -0.4 is 5.32 Å². The number of carbonyl (C=O) groups is 2. The summed E-state index contributed by atoms with van der Waals surface area (Å²) in [4.78, 5) is 34.0. The predicted molar refractivity (Wildman–Crippen MR) is 91.9 cm³/mol. The van der Waals surface area contributed by atoms with Crippen molar-refractivity contribution in [1.29, 1.82) is 0 Å². The van der Waals surface area contributed by atoms with Crippen molar-refractivity contribution in [3.8, 4) is 0 Å². The van der Waals surface area contributed by atoms with Crippen LogP contribution >= 0.6 is 0 Å². The van der Waals surface area contributed by atoms with E-state index in [1.165, 1.54) is 12.1 Å². The number of benzene rings is 1. The summed E-state index contributed by atoms with van der Waals surface area (Å²) in [6.45, 7) is 5.15. The van der Waals surface area contributed by atoms with Crippen molar-refractivity contribution >= 4 is 17.7 Å². The Labute approximate surface area is 150 Å². The molecule has 0 heterocycles. The van der Waals surface area contributed by atoms with Gasteiger partial charge in [-0.05, 0) is 51.0 Å². The molecule has 0 radical (unpaired) electrons. The molecular weight excluding hydrogens is 340 g/mol. The fourth-order valence-electron chi connectivity index (χ4n) is 4.32. The zero-order valence-electron chi connectivity index (χ0n) is 14.9. The number of hydrogen-bond donors (Lipinski definition) is 2. The maximum absolute atomic E-state index is 12.0. The fourth-order valence-corrected chi connectivity index (χ4v) is 4.32. The maximum Gasteiger partial charge on any atom is 0.408 e. The molecule has 0 saturated heterocycles. The molecule has 1 atom stereocenters. The SMILES string of the molecule is CC(C)(C)OC(=O)NC(C(=O)O)C12CC(c3ccc([N+](=O)[O-])cc3)(C1)C2. The van der Waals surface area contributed by atoms with Crippen LogP contribution in [0, 0.1) is 15.5 Å². The second kappa shape index (κ2) is 5.69. The first-order valence-corrected chi connectivity index (χ1v) is 8.44. The van der Waals surface area contributed by atoms with Crippen LogP contribution in [0.1, 0.15) is 45.6 Å². The number of hydrogen-bond acceptors (Lipinski definition) is 5. The summed E-state index contributed by atoms with van der Waals surface area (Å²) in [5.41, 5.74) is -0.313. The van der Waals surface area contributed by atoms with Crippen molar-refractivity contribution in [2.24, 2.45) is 5.41 Å². The molecule has 1 unspecified atom stereocenters. The van der Waals surface area contributed by atoms with Crippen LogP contribution in [0.25, 0.3) is 0 Å². The summed E-state index contributed by atoms with van der Waals surface area (Å²) in [7, 11) is 0. The summed E-state index contributed by atoms with van der Waals surface area (Å²) in [5, 5.41) is 22.8. The van der Waals surface area contributed by atoms with Crippen molar-refractivity contribution in [3.05, 3.63) is 39.9 Å². The lowest BCUT2D eigenvalue weighted by atomic mass is 9.31. The Morgan fingerprint density at radius 1 is 1.23 bits per heavy atom. The number of amides is 1. The first-order valence-electron chi connectivity index (χ1n) is 8.44. The highest BCUT2D eigenvalue weighted by molar-refractivity contribution is 5.82. The van der Waals surface area contributed by atoms with Gasteiger partial charge in [0.1, 0.15) is 11.6 Å². The molecule has 2 N–H and O–H groups in total. The first-order chi connectivity index (χ1) is 12.0. The Kier molecular flexibility index (Phi) is 3.97. The lowest BCUT2D eigenvalue weighted by molar-refractivity contribution is -0.384. The van der Waals surface area contributed by atoms with E-state index in [9.17, 15) is 24.8 Å². The molecule has 2 bridgehead atoms. The minimum Gasteiger partial charge on any atom is -0.480 e. The van der Waals surface area contributed by atoms with Crippen LogP contribution in [0.15, 0.2) is 24.3 Å². The molecule has 1 amide bonds. The van der Waals surface area contributed by atoms with E-state index in [1.807, 2.05) is 0 Å². The smallest absolute Gasteiger partial charge is 0.408 e. The Balaban J connectivity index is 1.67. The highest BCUT2D eigenvalue weighted by atomic mass is 16.6. The van der Waals surface area contributed by atoms with Crippen LogP contribution in [-0.2, 0) is 14.9 Å². The number of nitrogens with zero attached hydrogens (tertiary/aromatic N) is 1. The average molecular weight is 362 g/mol. The zero-order valence-corrected chi connectivity index (χ0v) is 14.9. The van der Waals surface area contributed by atoms with Gasteiger partial charge >= 0.3 is 12.1 Å². The molecule has 0 aromatic heterocycles. The van der Waals surface area contributed by atoms with Gasteiger partial charge in [0, 0.05) is 17.5 Å². The summed E-state index contributed by atoms with van der Waals surface area (Å²) in [6, 6.07) is 5.40. The van der Waals surface area contributed by atoms with E-state index in [2.05, 4.69) is 5.32 Å². The number of non-ortho nitro benzene ring substituents is 1. The number of ether oxygens (including phenoxy) is 1. The maximum atomic E-state index is 12.0. The molecule has 8 nitrogen and oxygen atoms in total. The largest absolute Gasteiger partial charge is 0.480 e. The number of carbonyl (C=O) groups excluding carboxylic acids is 1. The standard InChI is InChI=1S/C18H22N2O6/c1-16(2,3)26-15(23)19-13(14(21)22)18-8-17(9-18,10-18)11-4-6-12(7-5-11)20(24)25/h4-7,13H,8-10H2,1-3H3,(H,19,23)(H,21,22). The van der Waals surface area contributed by atoms with Crippen molar-refractivity contribution in [3.63, 3.8) is 0 Å². The lowest BCUT2D eigenvalue weighted by Gasteiger charge is -2.72. The molecule has 4 rings (SSSR count). The summed E-state index contributed by atoms with van der Waals surface area (Å²) in [6.07, 6.45) is 1.15. The van der Waals surface area contributed by atoms with Gasteiger partial charge < -0.3 is 15.2 Å². The van der Waals surface area contributed by atoms with E-state index in [4.69, 9.17) is 4.74 Å². The number of nitro groups is 1. The van der Waals surface area contributed by atoms with Crippen molar-refractivity contribution < 1.29 is 24.4 Å². The number of rotatable bonds is 5. The van der Waals surface area contributed by atoms with Crippen LogP contribution in [0.2, 0.25) is 0 Å². The van der Waals surface area contributed by atoms with E-state index in [1.54, 1.807) is 32.9 Å². The minimum absolute atomic E-state index is 0.0325. The number of alkyl carbamates (subject to hydrolysis) is 1. The highest BCUT2D eigenvalue weighted by Crippen LogP contribution is 2.75. The molecule has 3 aliphatic carbocycles. The van der Waals surface area contributed by atoms with E-state index in [0.717, 1.165) is 5.56 Å². The van der Waals surface area contributed by atoms with E-state index in [0.29, 0.717) is 19.3 Å². The van der Waals surface area contributed by atoms with Crippen LogP contribution in [0.5, 0.6) is 0 Å². The number of nitro benzene ring substituents is 1. The van der Waals surface area contributed by atoms with Gasteiger partial charge in [-0.3, -0.25) is 10.1 Å². The number of carboxylic acid groups (broad SMARTS) is 1. The molecule has 1 aromatic carbocycles. The fraction of sp³-hybridized carbons (Fsp3) is 0.556. The molecule has 26 heavy (non-hydrogen) atoms. The van der Waals surface area contributed by atoms with Gasteiger partial charge in [0.15, 0.2) is 0 Å². The lowest BCUT2D eigenvalue weighted by Crippen LogP contribution is -2.73. The quantitative estimate of drug-likeness (QED) is 0.614. The second-order valence-corrected chi connectivity index (χ2v) is 8.39. The Morgan fingerprint density at radius 2 is 1.77 bits per heavy atom. The van der Waals surface area contributed by atoms with Gasteiger partial charge in [-0.25, -0.2) is 9.59 Å². The van der Waals surface area contributed by atoms with Gasteiger partial charge in [0.2, 0.25) is 0 Å². The molecule has 8 heteroatoms. The monoisotopic (exact) mass is 362 g/mol. The molecule has 140 valence electrons. The van der Waals surface area contributed by atoms with Gasteiger partial charge in [0.25, 0.3) is 5.69 Å². The number of carboxylic acids is 1. The first kappa shape index (κ1) is 18.2. The van der Waals surface area contributed by atoms with Crippen molar-refractivity contribution in [2.45, 2.75) is 57.1 Å². The van der Waals surface area contributed by atoms with Crippen LogP contribution in [0.4, 0.5) is 10.5 Å². The van der Waals surface area contributed by atoms with E-state index < -0.39 is 34.0 Å². The molecule has 3 aliphatic rings. The van der Waals surface area contributed by atoms with E-state index >= 15 is 0 Å². The number of aliphatic carboxylic acids is 1. The number of nitrogens with one attached hydrogen (secondary N) is 1.